The third-order valence-corrected chi connectivity index (χ3v) is 4.35. The van der Waals surface area contributed by atoms with Crippen LogP contribution in [0, 0.1) is 23.7 Å². The summed E-state index contributed by atoms with van der Waals surface area (Å²) in [6.07, 6.45) is 5.70. The van der Waals surface area contributed by atoms with E-state index < -0.39 is 7.60 Å². The topological polar surface area (TPSA) is 35.5 Å². The number of hydrogen-bond donors (Lipinski definition) is 0. The lowest BCUT2D eigenvalue weighted by Gasteiger charge is -2.38. The molecule has 74 valence electrons. The Balaban J connectivity index is 2.82. The molecule has 1 aliphatic rings. The highest BCUT2D eigenvalue weighted by atomic mass is 31.2. The summed E-state index contributed by atoms with van der Waals surface area (Å²) in [6, 6.07) is 0. The highest BCUT2D eigenvalue weighted by Crippen LogP contribution is 2.56. The van der Waals surface area contributed by atoms with E-state index in [1.54, 1.807) is 0 Å². The lowest BCUT2D eigenvalue weighted by molar-refractivity contribution is 0.0963. The van der Waals surface area contributed by atoms with E-state index in [9.17, 15) is 4.57 Å². The van der Waals surface area contributed by atoms with Gasteiger partial charge in [-0.25, -0.2) is 0 Å². The average molecular weight is 202 g/mol. The van der Waals surface area contributed by atoms with Gasteiger partial charge in [0.05, 0.1) is 12.8 Å². The van der Waals surface area contributed by atoms with Crippen LogP contribution in [0.1, 0.15) is 13.8 Å². The van der Waals surface area contributed by atoms with Crippen LogP contribution in [0.25, 0.3) is 0 Å². The maximum Gasteiger partial charge on any atom is 0.331 e. The summed E-state index contributed by atoms with van der Waals surface area (Å²) >= 11 is 0. The Morgan fingerprint density at radius 1 is 1.69 bits per heavy atom. The first-order valence-electron chi connectivity index (χ1n) is 4.19. The fourth-order valence-electron chi connectivity index (χ4n) is 1.29. The first kappa shape index (κ1) is 10.8. The average Bonchev–Trinajstić information content (AvgIpc) is 2.10. The molecule has 1 heterocycles. The molecule has 0 bridgehead atoms. The van der Waals surface area contributed by atoms with Crippen molar-refractivity contribution in [1.29, 1.82) is 0 Å². The van der Waals surface area contributed by atoms with Gasteiger partial charge >= 0.3 is 7.60 Å². The van der Waals surface area contributed by atoms with Crippen LogP contribution in [0.5, 0.6) is 0 Å². The van der Waals surface area contributed by atoms with E-state index in [-0.39, 0.29) is 11.3 Å². The highest BCUT2D eigenvalue weighted by Gasteiger charge is 2.42. The second kappa shape index (κ2) is 3.46. The minimum absolute atomic E-state index is 0.0352. The summed E-state index contributed by atoms with van der Waals surface area (Å²) in [5, 5.41) is 0. The summed E-state index contributed by atoms with van der Waals surface area (Å²) in [4.78, 5) is 0. The number of terminal acetylenes is 1. The minimum atomic E-state index is -2.89. The number of hydrogen-bond acceptors (Lipinski definition) is 3. The van der Waals surface area contributed by atoms with Crippen molar-refractivity contribution in [2.75, 3.05) is 19.9 Å². The smallest absolute Gasteiger partial charge is 0.312 e. The van der Waals surface area contributed by atoms with Crippen LogP contribution in [-0.2, 0) is 13.6 Å². The van der Waals surface area contributed by atoms with Gasteiger partial charge in [0.15, 0.2) is 0 Å². The zero-order valence-corrected chi connectivity index (χ0v) is 9.14. The van der Waals surface area contributed by atoms with Gasteiger partial charge in [0.1, 0.15) is 0 Å². The van der Waals surface area contributed by atoms with Gasteiger partial charge < -0.3 is 9.05 Å². The Bertz CT molecular complexity index is 277. The molecule has 0 aromatic carbocycles. The zero-order chi connectivity index (χ0) is 10.1. The molecule has 0 amide bonds. The Hall–Kier alpha value is -0.290. The highest BCUT2D eigenvalue weighted by molar-refractivity contribution is 7.53. The van der Waals surface area contributed by atoms with Gasteiger partial charge in [0, 0.05) is 18.4 Å². The lowest BCUT2D eigenvalue weighted by Crippen LogP contribution is -2.35. The maximum atomic E-state index is 11.7. The van der Waals surface area contributed by atoms with Gasteiger partial charge in [0.2, 0.25) is 0 Å². The van der Waals surface area contributed by atoms with Crippen molar-refractivity contribution in [2.24, 2.45) is 11.3 Å². The van der Waals surface area contributed by atoms with Gasteiger partial charge in [-0.3, -0.25) is 4.57 Å². The molecule has 13 heavy (non-hydrogen) atoms. The third kappa shape index (κ3) is 2.14. The minimum Gasteiger partial charge on any atom is -0.312 e. The normalized spacial score (nSPS) is 38.2. The van der Waals surface area contributed by atoms with E-state index in [0.29, 0.717) is 12.8 Å². The Labute approximate surface area is 79.3 Å². The van der Waals surface area contributed by atoms with Crippen LogP contribution < -0.4 is 0 Å². The van der Waals surface area contributed by atoms with Gasteiger partial charge in [-0.05, 0) is 0 Å². The van der Waals surface area contributed by atoms with Crippen molar-refractivity contribution >= 4 is 7.60 Å². The Kier molecular flexibility index (Phi) is 2.87. The van der Waals surface area contributed by atoms with E-state index in [2.05, 4.69) is 5.92 Å². The summed E-state index contributed by atoms with van der Waals surface area (Å²) < 4.78 is 21.8. The van der Waals surface area contributed by atoms with E-state index >= 15 is 0 Å². The molecule has 0 radical (unpaired) electrons. The SMILES string of the molecule is C#CC1CP(=O)(OC)OCC1(C)C. The molecule has 0 aliphatic carbocycles. The second-order valence-corrected chi connectivity index (χ2v) is 6.17. The van der Waals surface area contributed by atoms with Crippen molar-refractivity contribution < 1.29 is 13.6 Å². The predicted octanol–water partition coefficient (Wildman–Crippen LogP) is 2.13. The summed E-state index contributed by atoms with van der Waals surface area (Å²) in [6.45, 7) is 4.42. The van der Waals surface area contributed by atoms with Crippen LogP contribution in [-0.4, -0.2) is 19.9 Å². The van der Waals surface area contributed by atoms with Crippen LogP contribution in [0.2, 0.25) is 0 Å². The van der Waals surface area contributed by atoms with Crippen LogP contribution >= 0.6 is 7.60 Å². The predicted molar refractivity (Wildman–Crippen MR) is 51.5 cm³/mol. The molecule has 1 saturated heterocycles. The molecule has 1 rings (SSSR count). The van der Waals surface area contributed by atoms with Crippen LogP contribution in [0.15, 0.2) is 0 Å². The van der Waals surface area contributed by atoms with Crippen molar-refractivity contribution in [1.82, 2.24) is 0 Å². The van der Waals surface area contributed by atoms with Gasteiger partial charge in [0.25, 0.3) is 0 Å². The largest absolute Gasteiger partial charge is 0.331 e. The summed E-state index contributed by atoms with van der Waals surface area (Å²) in [7, 11) is -1.49. The first-order valence-corrected chi connectivity index (χ1v) is 5.92. The quantitative estimate of drug-likeness (QED) is 0.482. The van der Waals surface area contributed by atoms with Crippen LogP contribution in [0.4, 0.5) is 0 Å². The summed E-state index contributed by atoms with van der Waals surface area (Å²) in [5.41, 5.74) is -0.110. The van der Waals surface area contributed by atoms with E-state index in [1.807, 2.05) is 13.8 Å². The molecule has 0 spiro atoms. The molecule has 2 unspecified atom stereocenters. The van der Waals surface area contributed by atoms with Crippen molar-refractivity contribution in [3.63, 3.8) is 0 Å². The monoisotopic (exact) mass is 202 g/mol. The molecule has 0 N–H and O–H groups in total. The van der Waals surface area contributed by atoms with E-state index in [1.165, 1.54) is 7.11 Å². The first-order chi connectivity index (χ1) is 5.93. The molecule has 3 nitrogen and oxygen atoms in total. The van der Waals surface area contributed by atoms with Gasteiger partial charge in [-0.15, -0.1) is 12.3 Å². The molecule has 0 aromatic rings. The molecular weight excluding hydrogens is 187 g/mol. The number of rotatable bonds is 1. The molecule has 4 heteroatoms. The van der Waals surface area contributed by atoms with Crippen molar-refractivity contribution in [2.45, 2.75) is 13.8 Å². The van der Waals surface area contributed by atoms with Crippen molar-refractivity contribution in [3.8, 4) is 12.3 Å². The van der Waals surface area contributed by atoms with Crippen molar-refractivity contribution in [3.05, 3.63) is 0 Å². The zero-order valence-electron chi connectivity index (χ0n) is 8.24. The van der Waals surface area contributed by atoms with E-state index in [4.69, 9.17) is 15.5 Å². The van der Waals surface area contributed by atoms with Gasteiger partial charge in [-0.1, -0.05) is 13.8 Å². The fourth-order valence-corrected chi connectivity index (χ4v) is 3.23. The van der Waals surface area contributed by atoms with Crippen LogP contribution in [0.3, 0.4) is 0 Å². The molecule has 1 fully saturated rings. The summed E-state index contributed by atoms with van der Waals surface area (Å²) in [5.74, 6) is 2.62. The standard InChI is InChI=1S/C9H15O3P/c1-5-8-6-13(10,11-4)12-7-9(8,2)3/h1,8H,6-7H2,2-4H3. The maximum absolute atomic E-state index is 11.7. The van der Waals surface area contributed by atoms with Gasteiger partial charge in [-0.2, -0.15) is 0 Å². The third-order valence-electron chi connectivity index (χ3n) is 2.46. The molecule has 0 saturated carbocycles. The Morgan fingerprint density at radius 2 is 2.31 bits per heavy atom. The fraction of sp³-hybridized carbons (Fsp3) is 0.778. The molecule has 2 atom stereocenters. The lowest BCUT2D eigenvalue weighted by atomic mass is 9.81. The molecule has 0 aromatic heterocycles. The Morgan fingerprint density at radius 3 is 2.77 bits per heavy atom. The van der Waals surface area contributed by atoms with E-state index in [0.717, 1.165) is 0 Å². The molecule has 1 aliphatic heterocycles. The molecular formula is C9H15O3P. The second-order valence-electron chi connectivity index (χ2n) is 3.96.